The average molecular weight is 450 g/mol. The minimum absolute atomic E-state index is 0.0323. The lowest BCUT2D eigenvalue weighted by Gasteiger charge is -2.32. The van der Waals surface area contributed by atoms with Crippen molar-refractivity contribution < 1.29 is 14.3 Å². The third kappa shape index (κ3) is 5.92. The summed E-state index contributed by atoms with van der Waals surface area (Å²) in [5, 5.41) is 3.11. The molecule has 1 aliphatic carbocycles. The highest BCUT2D eigenvalue weighted by Gasteiger charge is 2.26. The molecular formula is C27H35N3O3. The fourth-order valence-corrected chi connectivity index (χ4v) is 5.07. The van der Waals surface area contributed by atoms with Crippen molar-refractivity contribution in [1.29, 1.82) is 0 Å². The molecule has 0 radical (unpaired) electrons. The van der Waals surface area contributed by atoms with E-state index in [1.54, 1.807) is 13.3 Å². The van der Waals surface area contributed by atoms with Crippen LogP contribution < -0.4 is 10.1 Å². The first-order chi connectivity index (χ1) is 16.0. The highest BCUT2D eigenvalue weighted by atomic mass is 16.5. The maximum Gasteiger partial charge on any atom is 0.253 e. The Kier molecular flexibility index (Phi) is 7.63. The number of pyridine rings is 1. The number of hydrogen-bond donors (Lipinski definition) is 1. The molecule has 1 saturated heterocycles. The van der Waals surface area contributed by atoms with Gasteiger partial charge in [0.05, 0.1) is 12.7 Å². The van der Waals surface area contributed by atoms with Gasteiger partial charge in [-0.2, -0.15) is 0 Å². The van der Waals surface area contributed by atoms with Gasteiger partial charge in [-0.15, -0.1) is 0 Å². The number of likely N-dealkylation sites (tertiary alicyclic amines) is 1. The Morgan fingerprint density at radius 1 is 1.12 bits per heavy atom. The summed E-state index contributed by atoms with van der Waals surface area (Å²) < 4.78 is 5.32. The number of carbonyl (C=O) groups is 2. The first-order valence-electron chi connectivity index (χ1n) is 12.2. The molecule has 0 unspecified atom stereocenters. The van der Waals surface area contributed by atoms with Gasteiger partial charge in [0.1, 0.15) is 5.75 Å². The van der Waals surface area contributed by atoms with E-state index in [1.165, 1.54) is 12.8 Å². The van der Waals surface area contributed by atoms with Crippen LogP contribution in [0.25, 0.3) is 0 Å². The van der Waals surface area contributed by atoms with Gasteiger partial charge >= 0.3 is 0 Å². The van der Waals surface area contributed by atoms with E-state index < -0.39 is 0 Å². The number of piperidine rings is 1. The number of amides is 2. The molecule has 0 spiro atoms. The standard InChI is InChI=1S/C27H35N3O3/c1-19-16-20(9-13-25(19)33-2)10-14-26(31)30-15-5-6-22(18-30)24-12-11-21(17-28-24)27(32)29-23-7-3-4-8-23/h9,11-13,16-17,22-23H,3-8,10,14-15,18H2,1-2H3,(H,29,32)/t22-/m0/s1. The van der Waals surface area contributed by atoms with E-state index in [9.17, 15) is 9.59 Å². The van der Waals surface area contributed by atoms with Crippen LogP contribution in [-0.4, -0.2) is 47.9 Å². The fourth-order valence-electron chi connectivity index (χ4n) is 5.07. The van der Waals surface area contributed by atoms with Crippen LogP contribution in [-0.2, 0) is 11.2 Å². The van der Waals surface area contributed by atoms with Crippen molar-refractivity contribution in [3.8, 4) is 5.75 Å². The molecule has 1 aromatic carbocycles. The molecule has 6 heteroatoms. The summed E-state index contributed by atoms with van der Waals surface area (Å²) in [5.74, 6) is 1.26. The molecule has 2 amide bonds. The smallest absolute Gasteiger partial charge is 0.253 e. The molecular weight excluding hydrogens is 414 g/mol. The second-order valence-corrected chi connectivity index (χ2v) is 9.41. The zero-order valence-corrected chi connectivity index (χ0v) is 19.8. The number of rotatable bonds is 7. The summed E-state index contributed by atoms with van der Waals surface area (Å²) in [6.45, 7) is 3.52. The lowest BCUT2D eigenvalue weighted by molar-refractivity contribution is -0.132. The van der Waals surface area contributed by atoms with Crippen molar-refractivity contribution in [2.45, 2.75) is 70.3 Å². The molecule has 2 heterocycles. The summed E-state index contributed by atoms with van der Waals surface area (Å²) in [6.07, 6.45) is 9.44. The Morgan fingerprint density at radius 3 is 2.64 bits per heavy atom. The molecule has 1 aromatic heterocycles. The van der Waals surface area contributed by atoms with E-state index in [2.05, 4.69) is 16.4 Å². The van der Waals surface area contributed by atoms with Crippen LogP contribution >= 0.6 is 0 Å². The Bertz CT molecular complexity index is 967. The third-order valence-electron chi connectivity index (χ3n) is 7.02. The Morgan fingerprint density at radius 2 is 1.94 bits per heavy atom. The molecule has 2 aromatic rings. The van der Waals surface area contributed by atoms with Crippen LogP contribution in [0.4, 0.5) is 0 Å². The zero-order valence-electron chi connectivity index (χ0n) is 19.8. The maximum absolute atomic E-state index is 12.9. The zero-order chi connectivity index (χ0) is 23.2. The predicted molar refractivity (Wildman–Crippen MR) is 129 cm³/mol. The summed E-state index contributed by atoms with van der Waals surface area (Å²) >= 11 is 0. The SMILES string of the molecule is COc1ccc(CCC(=O)N2CCC[C@H](c3ccc(C(=O)NC4CCCC4)cn3)C2)cc1C. The number of methoxy groups -OCH3 is 1. The number of ether oxygens (including phenoxy) is 1. The molecule has 6 nitrogen and oxygen atoms in total. The van der Waals surface area contributed by atoms with E-state index in [0.29, 0.717) is 24.6 Å². The number of aromatic nitrogens is 1. The molecule has 1 N–H and O–H groups in total. The monoisotopic (exact) mass is 449 g/mol. The number of hydrogen-bond acceptors (Lipinski definition) is 4. The minimum Gasteiger partial charge on any atom is -0.496 e. The number of nitrogens with one attached hydrogen (secondary N) is 1. The minimum atomic E-state index is -0.0323. The van der Waals surface area contributed by atoms with Crippen LogP contribution in [0.15, 0.2) is 36.5 Å². The van der Waals surface area contributed by atoms with Crippen LogP contribution in [0.3, 0.4) is 0 Å². The van der Waals surface area contributed by atoms with E-state index in [1.807, 2.05) is 36.1 Å². The predicted octanol–water partition coefficient (Wildman–Crippen LogP) is 4.41. The Balaban J connectivity index is 1.30. The second kappa shape index (κ2) is 10.8. The van der Waals surface area contributed by atoms with Gasteiger partial charge in [0.15, 0.2) is 0 Å². The van der Waals surface area contributed by atoms with E-state index >= 15 is 0 Å². The molecule has 33 heavy (non-hydrogen) atoms. The molecule has 176 valence electrons. The van der Waals surface area contributed by atoms with Gasteiger partial charge < -0.3 is 15.0 Å². The normalized spacial score (nSPS) is 18.8. The third-order valence-corrected chi connectivity index (χ3v) is 7.02. The van der Waals surface area contributed by atoms with Gasteiger partial charge in [-0.05, 0) is 68.4 Å². The number of benzene rings is 1. The highest BCUT2D eigenvalue weighted by molar-refractivity contribution is 5.94. The van der Waals surface area contributed by atoms with E-state index in [0.717, 1.165) is 61.2 Å². The van der Waals surface area contributed by atoms with Crippen molar-refractivity contribution in [2.24, 2.45) is 0 Å². The second-order valence-electron chi connectivity index (χ2n) is 9.41. The maximum atomic E-state index is 12.9. The van der Waals surface area contributed by atoms with Crippen LogP contribution in [0, 0.1) is 6.92 Å². The molecule has 1 aliphatic heterocycles. The molecule has 2 fully saturated rings. The van der Waals surface area contributed by atoms with Crippen molar-refractivity contribution in [2.75, 3.05) is 20.2 Å². The van der Waals surface area contributed by atoms with Gasteiger partial charge in [-0.25, -0.2) is 0 Å². The average Bonchev–Trinajstić information content (AvgIpc) is 3.36. The summed E-state index contributed by atoms with van der Waals surface area (Å²) in [7, 11) is 1.67. The summed E-state index contributed by atoms with van der Waals surface area (Å²) in [4.78, 5) is 31.9. The first kappa shape index (κ1) is 23.3. The molecule has 0 bridgehead atoms. The molecule has 1 saturated carbocycles. The van der Waals surface area contributed by atoms with Crippen LogP contribution in [0.5, 0.6) is 5.75 Å². The lowest BCUT2D eigenvalue weighted by atomic mass is 9.93. The summed E-state index contributed by atoms with van der Waals surface area (Å²) in [5.41, 5.74) is 3.83. The topological polar surface area (TPSA) is 71.5 Å². The Hall–Kier alpha value is -2.89. The van der Waals surface area contributed by atoms with E-state index in [4.69, 9.17) is 4.74 Å². The Labute approximate surface area is 196 Å². The van der Waals surface area contributed by atoms with Crippen molar-refractivity contribution in [1.82, 2.24) is 15.2 Å². The van der Waals surface area contributed by atoms with Crippen molar-refractivity contribution in [3.63, 3.8) is 0 Å². The van der Waals surface area contributed by atoms with Crippen LogP contribution in [0.2, 0.25) is 0 Å². The molecule has 2 aliphatic rings. The van der Waals surface area contributed by atoms with Gasteiger partial charge in [0.2, 0.25) is 5.91 Å². The molecule has 4 rings (SSSR count). The van der Waals surface area contributed by atoms with Gasteiger partial charge in [-0.3, -0.25) is 14.6 Å². The van der Waals surface area contributed by atoms with Crippen molar-refractivity contribution >= 4 is 11.8 Å². The summed E-state index contributed by atoms with van der Waals surface area (Å²) in [6, 6.07) is 10.2. The van der Waals surface area contributed by atoms with Gasteiger partial charge in [-0.1, -0.05) is 25.0 Å². The first-order valence-corrected chi connectivity index (χ1v) is 12.2. The molecule has 1 atom stereocenters. The van der Waals surface area contributed by atoms with Gasteiger partial charge in [0.25, 0.3) is 5.91 Å². The fraction of sp³-hybridized carbons (Fsp3) is 0.519. The number of aryl methyl sites for hydroxylation is 2. The number of carbonyl (C=O) groups excluding carboxylic acids is 2. The lowest BCUT2D eigenvalue weighted by Crippen LogP contribution is -2.39. The quantitative estimate of drug-likeness (QED) is 0.680. The van der Waals surface area contributed by atoms with Crippen molar-refractivity contribution in [3.05, 3.63) is 58.9 Å². The van der Waals surface area contributed by atoms with E-state index in [-0.39, 0.29) is 17.7 Å². The highest BCUT2D eigenvalue weighted by Crippen LogP contribution is 2.27. The van der Waals surface area contributed by atoms with Crippen LogP contribution in [0.1, 0.15) is 78.0 Å². The van der Waals surface area contributed by atoms with Gasteiger partial charge in [0, 0.05) is 43.4 Å². The number of nitrogens with zero attached hydrogens (tertiary/aromatic N) is 2. The largest absolute Gasteiger partial charge is 0.496 e.